The number of rotatable bonds is 3. The molecule has 0 rings (SSSR count). The Morgan fingerprint density at radius 3 is 2.80 bits per heavy atom. The lowest BCUT2D eigenvalue weighted by molar-refractivity contribution is -0.120. The summed E-state index contributed by atoms with van der Waals surface area (Å²) < 4.78 is 0. The molecule has 0 spiro atoms. The molecule has 0 fully saturated rings. The maximum Gasteiger partial charge on any atom is 0.233 e. The van der Waals surface area contributed by atoms with Gasteiger partial charge in [0.15, 0.2) is 6.19 Å². The summed E-state index contributed by atoms with van der Waals surface area (Å²) in [5, 5.41) is 10.1. The van der Waals surface area contributed by atoms with Crippen LogP contribution in [0.15, 0.2) is 0 Å². The SMILES string of the molecule is CC[C@@H](C)CC(=O)NC#N. The van der Waals surface area contributed by atoms with Crippen LogP contribution in [0.2, 0.25) is 0 Å². The summed E-state index contributed by atoms with van der Waals surface area (Å²) in [4.78, 5) is 10.7. The minimum atomic E-state index is -0.183. The predicted octanol–water partition coefficient (Wildman–Crippen LogP) is 1.02. The first-order valence-electron chi connectivity index (χ1n) is 3.38. The highest BCUT2D eigenvalue weighted by Crippen LogP contribution is 2.04. The second-order valence-electron chi connectivity index (χ2n) is 2.38. The van der Waals surface area contributed by atoms with Crippen LogP contribution in [0.5, 0.6) is 0 Å². The molecule has 0 aromatic heterocycles. The monoisotopic (exact) mass is 140 g/mol. The van der Waals surface area contributed by atoms with Gasteiger partial charge in [-0.15, -0.1) is 0 Å². The summed E-state index contributed by atoms with van der Waals surface area (Å²) in [7, 11) is 0. The Hall–Kier alpha value is -1.04. The van der Waals surface area contributed by atoms with E-state index in [2.05, 4.69) is 5.32 Å². The molecule has 0 aromatic rings. The van der Waals surface area contributed by atoms with Gasteiger partial charge in [0.2, 0.25) is 5.91 Å². The van der Waals surface area contributed by atoms with Crippen molar-refractivity contribution in [3.8, 4) is 6.19 Å². The summed E-state index contributed by atoms with van der Waals surface area (Å²) in [5.41, 5.74) is 0. The molecule has 1 N–H and O–H groups in total. The molecule has 3 heteroatoms. The first-order valence-corrected chi connectivity index (χ1v) is 3.38. The van der Waals surface area contributed by atoms with E-state index in [1.807, 2.05) is 13.8 Å². The number of nitriles is 1. The van der Waals surface area contributed by atoms with Crippen molar-refractivity contribution in [2.75, 3.05) is 0 Å². The van der Waals surface area contributed by atoms with Gasteiger partial charge in [-0.1, -0.05) is 20.3 Å². The van der Waals surface area contributed by atoms with Crippen molar-refractivity contribution >= 4 is 5.91 Å². The molecule has 0 saturated heterocycles. The van der Waals surface area contributed by atoms with Gasteiger partial charge < -0.3 is 0 Å². The number of nitrogens with zero attached hydrogens (tertiary/aromatic N) is 1. The fraction of sp³-hybridized carbons (Fsp3) is 0.714. The molecule has 0 aliphatic heterocycles. The molecule has 3 nitrogen and oxygen atoms in total. The van der Waals surface area contributed by atoms with Crippen LogP contribution in [0.3, 0.4) is 0 Å². The number of amides is 1. The highest BCUT2D eigenvalue weighted by molar-refractivity contribution is 5.77. The quantitative estimate of drug-likeness (QED) is 0.470. The molecule has 0 saturated carbocycles. The van der Waals surface area contributed by atoms with Gasteiger partial charge in [-0.05, 0) is 5.92 Å². The van der Waals surface area contributed by atoms with E-state index in [4.69, 9.17) is 5.26 Å². The van der Waals surface area contributed by atoms with E-state index >= 15 is 0 Å². The van der Waals surface area contributed by atoms with E-state index in [9.17, 15) is 4.79 Å². The number of nitrogens with one attached hydrogen (secondary N) is 1. The standard InChI is InChI=1S/C7H12N2O/c1-3-6(2)4-7(10)9-5-8/h6H,3-4H2,1-2H3,(H,9,10)/t6-/m1/s1. The van der Waals surface area contributed by atoms with Gasteiger partial charge in [0.05, 0.1) is 0 Å². The number of carbonyl (C=O) groups excluding carboxylic acids is 1. The molecule has 0 aromatic carbocycles. The van der Waals surface area contributed by atoms with Crippen LogP contribution in [0.4, 0.5) is 0 Å². The molecule has 0 heterocycles. The first-order chi connectivity index (χ1) is 4.70. The van der Waals surface area contributed by atoms with Crippen molar-refractivity contribution in [3.63, 3.8) is 0 Å². The van der Waals surface area contributed by atoms with Crippen LogP contribution < -0.4 is 5.32 Å². The van der Waals surface area contributed by atoms with E-state index in [-0.39, 0.29) is 5.91 Å². The van der Waals surface area contributed by atoms with Gasteiger partial charge in [0.1, 0.15) is 0 Å². The van der Waals surface area contributed by atoms with Crippen molar-refractivity contribution in [1.82, 2.24) is 5.32 Å². The van der Waals surface area contributed by atoms with Crippen LogP contribution in [0.25, 0.3) is 0 Å². The molecule has 56 valence electrons. The Balaban J connectivity index is 3.49. The minimum absolute atomic E-state index is 0.183. The van der Waals surface area contributed by atoms with Crippen LogP contribution >= 0.6 is 0 Å². The van der Waals surface area contributed by atoms with E-state index in [1.54, 1.807) is 6.19 Å². The van der Waals surface area contributed by atoms with Gasteiger partial charge in [-0.25, -0.2) is 0 Å². The maximum atomic E-state index is 10.7. The lowest BCUT2D eigenvalue weighted by Crippen LogP contribution is -2.19. The summed E-state index contributed by atoms with van der Waals surface area (Å²) in [6.07, 6.45) is 3.02. The van der Waals surface area contributed by atoms with E-state index in [0.717, 1.165) is 6.42 Å². The van der Waals surface area contributed by atoms with Crippen LogP contribution in [0, 0.1) is 17.4 Å². The Morgan fingerprint density at radius 2 is 2.40 bits per heavy atom. The second kappa shape index (κ2) is 4.80. The van der Waals surface area contributed by atoms with Gasteiger partial charge >= 0.3 is 0 Å². The van der Waals surface area contributed by atoms with Crippen molar-refractivity contribution in [1.29, 1.82) is 5.26 Å². The zero-order chi connectivity index (χ0) is 7.98. The summed E-state index contributed by atoms with van der Waals surface area (Å²) in [5.74, 6) is 0.185. The zero-order valence-corrected chi connectivity index (χ0v) is 6.35. The van der Waals surface area contributed by atoms with Crippen LogP contribution in [0.1, 0.15) is 26.7 Å². The molecule has 0 bridgehead atoms. The van der Waals surface area contributed by atoms with Crippen LogP contribution in [-0.4, -0.2) is 5.91 Å². The van der Waals surface area contributed by atoms with Crippen molar-refractivity contribution < 1.29 is 4.79 Å². The van der Waals surface area contributed by atoms with Gasteiger partial charge in [-0.2, -0.15) is 5.26 Å². The fourth-order valence-electron chi connectivity index (χ4n) is 0.574. The molecule has 10 heavy (non-hydrogen) atoms. The van der Waals surface area contributed by atoms with Crippen molar-refractivity contribution in [2.24, 2.45) is 5.92 Å². The number of hydrogen-bond donors (Lipinski definition) is 1. The second-order valence-corrected chi connectivity index (χ2v) is 2.38. The number of carbonyl (C=O) groups is 1. The molecule has 0 unspecified atom stereocenters. The van der Waals surface area contributed by atoms with Gasteiger partial charge in [-0.3, -0.25) is 10.1 Å². The average molecular weight is 140 g/mol. The van der Waals surface area contributed by atoms with E-state index in [1.165, 1.54) is 0 Å². The highest BCUT2D eigenvalue weighted by atomic mass is 16.1. The van der Waals surface area contributed by atoms with E-state index in [0.29, 0.717) is 12.3 Å². The molecule has 0 aliphatic rings. The Kier molecular flexibility index (Phi) is 4.30. The molecular weight excluding hydrogens is 128 g/mol. The normalized spacial score (nSPS) is 11.7. The maximum absolute atomic E-state index is 10.7. The molecule has 0 aliphatic carbocycles. The van der Waals surface area contributed by atoms with E-state index < -0.39 is 0 Å². The molecular formula is C7H12N2O. The summed E-state index contributed by atoms with van der Waals surface area (Å²) >= 11 is 0. The Bertz CT molecular complexity index is 148. The first kappa shape index (κ1) is 8.96. The van der Waals surface area contributed by atoms with Crippen molar-refractivity contribution in [3.05, 3.63) is 0 Å². The number of hydrogen-bond acceptors (Lipinski definition) is 2. The smallest absolute Gasteiger partial charge is 0.233 e. The summed E-state index contributed by atoms with van der Waals surface area (Å²) in [6.45, 7) is 4.00. The minimum Gasteiger partial charge on any atom is -0.274 e. The van der Waals surface area contributed by atoms with Gasteiger partial charge in [0.25, 0.3) is 0 Å². The van der Waals surface area contributed by atoms with Crippen molar-refractivity contribution in [2.45, 2.75) is 26.7 Å². The van der Waals surface area contributed by atoms with Gasteiger partial charge in [0, 0.05) is 6.42 Å². The third kappa shape index (κ3) is 3.90. The lowest BCUT2D eigenvalue weighted by Gasteiger charge is -2.03. The largest absolute Gasteiger partial charge is 0.274 e. The highest BCUT2D eigenvalue weighted by Gasteiger charge is 2.04. The Labute approximate surface area is 61.0 Å². The topological polar surface area (TPSA) is 52.9 Å². The Morgan fingerprint density at radius 1 is 1.80 bits per heavy atom. The lowest BCUT2D eigenvalue weighted by atomic mass is 10.1. The summed E-state index contributed by atoms with van der Waals surface area (Å²) in [6, 6.07) is 0. The zero-order valence-electron chi connectivity index (χ0n) is 6.35. The fourth-order valence-corrected chi connectivity index (χ4v) is 0.574. The molecule has 1 atom stereocenters. The van der Waals surface area contributed by atoms with Crippen LogP contribution in [-0.2, 0) is 4.79 Å². The average Bonchev–Trinajstić information content (AvgIpc) is 1.88. The molecule has 0 radical (unpaired) electrons. The molecule has 1 amide bonds. The third-order valence-electron chi connectivity index (χ3n) is 1.43. The third-order valence-corrected chi connectivity index (χ3v) is 1.43. The predicted molar refractivity (Wildman–Crippen MR) is 37.8 cm³/mol.